The number of carboxylic acid groups (broad SMARTS) is 2. The summed E-state index contributed by atoms with van der Waals surface area (Å²) in [5, 5.41) is 17.8. The lowest BCUT2D eigenvalue weighted by molar-refractivity contribution is -0.145. The summed E-state index contributed by atoms with van der Waals surface area (Å²) in [7, 11) is 0. The van der Waals surface area contributed by atoms with Gasteiger partial charge in [-0.1, -0.05) is 0 Å². The Morgan fingerprint density at radius 1 is 0.531 bits per heavy atom. The number of aliphatic carboxylic acids is 2. The Bertz CT molecular complexity index is 956. The third-order valence-corrected chi connectivity index (χ3v) is 4.26. The maximum absolute atomic E-state index is 10.8. The lowest BCUT2D eigenvalue weighted by atomic mass is 10.3. The Morgan fingerprint density at radius 2 is 0.750 bits per heavy atom. The predicted octanol–water partition coefficient (Wildman–Crippen LogP) is 4.98. The first-order chi connectivity index (χ1) is 15.3. The van der Waals surface area contributed by atoms with Crippen LogP contribution in [0.2, 0.25) is 0 Å². The van der Waals surface area contributed by atoms with Crippen LogP contribution < -0.4 is 18.9 Å². The number of carbonyl (C=O) groups is 2. The van der Waals surface area contributed by atoms with Gasteiger partial charge in [0.2, 0.25) is 0 Å². The molecule has 0 radical (unpaired) electrons. The lowest BCUT2D eigenvalue weighted by Gasteiger charge is -2.12. The van der Waals surface area contributed by atoms with Crippen LogP contribution in [0.25, 0.3) is 0 Å². The van der Waals surface area contributed by atoms with E-state index < -0.39 is 24.1 Å². The van der Waals surface area contributed by atoms with Crippen LogP contribution in [0.5, 0.6) is 34.5 Å². The molecule has 166 valence electrons. The normalized spacial score (nSPS) is 12.3. The SMILES string of the molecule is CC(Oc1ccc(Oc2ccc(Oc3ccc(OC(C)C(=O)O)cc3)cc2)cc1)C(=O)O. The Balaban J connectivity index is 1.55. The highest BCUT2D eigenvalue weighted by Gasteiger charge is 2.13. The van der Waals surface area contributed by atoms with Crippen molar-refractivity contribution in [3.63, 3.8) is 0 Å². The van der Waals surface area contributed by atoms with Crippen molar-refractivity contribution in [3.05, 3.63) is 72.8 Å². The zero-order valence-electron chi connectivity index (χ0n) is 17.4. The van der Waals surface area contributed by atoms with Gasteiger partial charge in [0, 0.05) is 0 Å². The van der Waals surface area contributed by atoms with Gasteiger partial charge in [0.15, 0.2) is 12.2 Å². The van der Waals surface area contributed by atoms with Crippen molar-refractivity contribution in [2.75, 3.05) is 0 Å². The van der Waals surface area contributed by atoms with E-state index in [9.17, 15) is 9.59 Å². The molecular formula is C24H22O8. The fourth-order valence-corrected chi connectivity index (χ4v) is 2.53. The van der Waals surface area contributed by atoms with Crippen molar-refractivity contribution in [3.8, 4) is 34.5 Å². The van der Waals surface area contributed by atoms with Crippen molar-refractivity contribution in [2.24, 2.45) is 0 Å². The van der Waals surface area contributed by atoms with Crippen molar-refractivity contribution in [2.45, 2.75) is 26.1 Å². The van der Waals surface area contributed by atoms with E-state index in [4.69, 9.17) is 29.2 Å². The number of carboxylic acids is 2. The first-order valence-corrected chi connectivity index (χ1v) is 9.75. The minimum atomic E-state index is -1.04. The Morgan fingerprint density at radius 3 is 0.969 bits per heavy atom. The number of hydrogen-bond acceptors (Lipinski definition) is 6. The van der Waals surface area contributed by atoms with Crippen LogP contribution in [0.1, 0.15) is 13.8 Å². The molecule has 2 N–H and O–H groups in total. The van der Waals surface area contributed by atoms with E-state index in [1.54, 1.807) is 72.8 Å². The highest BCUT2D eigenvalue weighted by atomic mass is 16.5. The lowest BCUT2D eigenvalue weighted by Crippen LogP contribution is -2.22. The third-order valence-electron chi connectivity index (χ3n) is 4.26. The molecule has 0 amide bonds. The van der Waals surface area contributed by atoms with E-state index >= 15 is 0 Å². The summed E-state index contributed by atoms with van der Waals surface area (Å²) in [5.74, 6) is 1.12. The van der Waals surface area contributed by atoms with Crippen LogP contribution in [-0.2, 0) is 9.59 Å². The monoisotopic (exact) mass is 438 g/mol. The molecule has 8 nitrogen and oxygen atoms in total. The average molecular weight is 438 g/mol. The van der Waals surface area contributed by atoms with Crippen molar-refractivity contribution >= 4 is 11.9 Å². The molecule has 3 rings (SSSR count). The van der Waals surface area contributed by atoms with E-state index in [1.807, 2.05) is 0 Å². The van der Waals surface area contributed by atoms with Crippen LogP contribution in [-0.4, -0.2) is 34.4 Å². The molecule has 3 aromatic carbocycles. The molecule has 0 bridgehead atoms. The largest absolute Gasteiger partial charge is 0.479 e. The summed E-state index contributed by atoms with van der Waals surface area (Å²) >= 11 is 0. The van der Waals surface area contributed by atoms with Gasteiger partial charge in [0.05, 0.1) is 0 Å². The summed E-state index contributed by atoms with van der Waals surface area (Å²) in [6.45, 7) is 2.91. The molecule has 2 unspecified atom stereocenters. The number of ether oxygens (including phenoxy) is 4. The maximum Gasteiger partial charge on any atom is 0.344 e. The molecule has 0 spiro atoms. The van der Waals surface area contributed by atoms with Crippen LogP contribution >= 0.6 is 0 Å². The standard InChI is InChI=1S/C24H22O8/c1-15(23(25)26)29-17-3-7-19(8-4-17)31-21-11-13-22(14-12-21)32-20-9-5-18(6-10-20)30-16(2)24(27)28/h3-16H,1-2H3,(H,25,26)(H,27,28). The molecule has 3 aromatic rings. The maximum atomic E-state index is 10.8. The molecule has 8 heteroatoms. The minimum Gasteiger partial charge on any atom is -0.479 e. The Kier molecular flexibility index (Phi) is 7.17. The van der Waals surface area contributed by atoms with Gasteiger partial charge in [-0.05, 0) is 86.6 Å². The minimum absolute atomic E-state index is 0.435. The predicted molar refractivity (Wildman–Crippen MR) is 115 cm³/mol. The number of benzene rings is 3. The van der Waals surface area contributed by atoms with Gasteiger partial charge in [-0.2, -0.15) is 0 Å². The van der Waals surface area contributed by atoms with Gasteiger partial charge in [-0.3, -0.25) is 0 Å². The van der Waals surface area contributed by atoms with E-state index in [0.29, 0.717) is 34.5 Å². The van der Waals surface area contributed by atoms with Crippen LogP contribution in [0, 0.1) is 0 Å². The van der Waals surface area contributed by atoms with E-state index in [-0.39, 0.29) is 0 Å². The first-order valence-electron chi connectivity index (χ1n) is 9.75. The smallest absolute Gasteiger partial charge is 0.344 e. The zero-order valence-corrected chi connectivity index (χ0v) is 17.4. The summed E-state index contributed by atoms with van der Waals surface area (Å²) < 4.78 is 22.1. The molecular weight excluding hydrogens is 416 g/mol. The van der Waals surface area contributed by atoms with Crippen LogP contribution in [0.15, 0.2) is 72.8 Å². The second-order valence-electron chi connectivity index (χ2n) is 6.81. The van der Waals surface area contributed by atoms with Gasteiger partial charge < -0.3 is 29.2 Å². The Hall–Kier alpha value is -4.20. The highest BCUT2D eigenvalue weighted by molar-refractivity contribution is 5.72. The average Bonchev–Trinajstić information content (AvgIpc) is 2.77. The third kappa shape index (κ3) is 6.40. The van der Waals surface area contributed by atoms with Gasteiger partial charge in [0.25, 0.3) is 0 Å². The van der Waals surface area contributed by atoms with Gasteiger partial charge in [-0.25, -0.2) is 9.59 Å². The molecule has 0 fully saturated rings. The Labute approximate surface area is 184 Å². The first kappa shape index (κ1) is 22.5. The van der Waals surface area contributed by atoms with Gasteiger partial charge in [0.1, 0.15) is 34.5 Å². The van der Waals surface area contributed by atoms with E-state index in [2.05, 4.69) is 0 Å². The molecule has 32 heavy (non-hydrogen) atoms. The van der Waals surface area contributed by atoms with Crippen molar-refractivity contribution < 1.29 is 38.7 Å². The second-order valence-corrected chi connectivity index (χ2v) is 6.81. The second kappa shape index (κ2) is 10.2. The van der Waals surface area contributed by atoms with Crippen molar-refractivity contribution in [1.82, 2.24) is 0 Å². The summed E-state index contributed by atoms with van der Waals surface area (Å²) in [4.78, 5) is 21.7. The van der Waals surface area contributed by atoms with Gasteiger partial charge in [-0.15, -0.1) is 0 Å². The van der Waals surface area contributed by atoms with E-state index in [0.717, 1.165) is 0 Å². The number of rotatable bonds is 10. The summed E-state index contributed by atoms with van der Waals surface area (Å²) in [5.41, 5.74) is 0. The topological polar surface area (TPSA) is 112 Å². The molecule has 0 aliphatic heterocycles. The van der Waals surface area contributed by atoms with Crippen LogP contribution in [0.3, 0.4) is 0 Å². The molecule has 0 saturated carbocycles. The molecule has 0 aromatic heterocycles. The summed E-state index contributed by atoms with van der Waals surface area (Å²) in [6.07, 6.45) is -1.88. The summed E-state index contributed by atoms with van der Waals surface area (Å²) in [6, 6.07) is 20.3. The molecule has 2 atom stereocenters. The van der Waals surface area contributed by atoms with Gasteiger partial charge >= 0.3 is 11.9 Å². The molecule has 0 saturated heterocycles. The molecule has 0 aliphatic rings. The fraction of sp³-hybridized carbons (Fsp3) is 0.167. The number of hydrogen-bond donors (Lipinski definition) is 2. The molecule has 0 aliphatic carbocycles. The highest BCUT2D eigenvalue weighted by Crippen LogP contribution is 2.29. The van der Waals surface area contributed by atoms with Crippen molar-refractivity contribution in [1.29, 1.82) is 0 Å². The van der Waals surface area contributed by atoms with Crippen LogP contribution in [0.4, 0.5) is 0 Å². The van der Waals surface area contributed by atoms with E-state index in [1.165, 1.54) is 13.8 Å². The fourth-order valence-electron chi connectivity index (χ4n) is 2.53. The zero-order chi connectivity index (χ0) is 23.1. The molecule has 0 heterocycles. The quantitative estimate of drug-likeness (QED) is 0.456.